The van der Waals surface area contributed by atoms with E-state index in [1.54, 1.807) is 12.1 Å². The molecule has 4 nitrogen and oxygen atoms in total. The van der Waals surface area contributed by atoms with Crippen LogP contribution in [0.5, 0.6) is 0 Å². The lowest BCUT2D eigenvalue weighted by Gasteiger charge is -2.10. The van der Waals surface area contributed by atoms with Crippen molar-refractivity contribution in [2.45, 2.75) is 0 Å². The van der Waals surface area contributed by atoms with Crippen LogP contribution in [0.25, 0.3) is 11.1 Å². The first kappa shape index (κ1) is 16.0. The highest BCUT2D eigenvalue weighted by Crippen LogP contribution is 2.28. The molecule has 0 spiro atoms. The van der Waals surface area contributed by atoms with E-state index in [4.69, 9.17) is 0 Å². The lowest BCUT2D eigenvalue weighted by atomic mass is 10.0. The second-order valence-electron chi connectivity index (χ2n) is 5.02. The van der Waals surface area contributed by atoms with Gasteiger partial charge in [0.2, 0.25) is 0 Å². The molecule has 0 aliphatic carbocycles. The minimum atomic E-state index is -0.441. The Morgan fingerprint density at radius 3 is 2.29 bits per heavy atom. The molecule has 1 heterocycles. The van der Waals surface area contributed by atoms with Gasteiger partial charge < -0.3 is 10.1 Å². The molecule has 0 fully saturated rings. The number of carbonyl (C=O) groups is 2. The summed E-state index contributed by atoms with van der Waals surface area (Å²) in [5, 5.41) is 2.91. The highest BCUT2D eigenvalue weighted by Gasteiger charge is 2.15. The van der Waals surface area contributed by atoms with Gasteiger partial charge in [0, 0.05) is 11.3 Å². The van der Waals surface area contributed by atoms with E-state index in [1.165, 1.54) is 7.11 Å². The Balaban J connectivity index is 1.85. The number of esters is 1. The van der Waals surface area contributed by atoms with Gasteiger partial charge in [-0.2, -0.15) is 0 Å². The lowest BCUT2D eigenvalue weighted by Crippen LogP contribution is -2.11. The third-order valence-electron chi connectivity index (χ3n) is 3.48. The van der Waals surface area contributed by atoms with Gasteiger partial charge in [-0.05, 0) is 23.8 Å². The Morgan fingerprint density at radius 1 is 0.875 bits per heavy atom. The van der Waals surface area contributed by atoms with Gasteiger partial charge in [-0.25, -0.2) is 4.79 Å². The molecular formula is C19H15NO3S. The van der Waals surface area contributed by atoms with E-state index < -0.39 is 5.97 Å². The summed E-state index contributed by atoms with van der Waals surface area (Å²) in [5.41, 5.74) is 2.69. The van der Waals surface area contributed by atoms with Crippen molar-refractivity contribution in [3.63, 3.8) is 0 Å². The quantitative estimate of drug-likeness (QED) is 0.715. The molecule has 0 aliphatic heterocycles. The van der Waals surface area contributed by atoms with Crippen LogP contribution in [-0.4, -0.2) is 19.0 Å². The minimum Gasteiger partial charge on any atom is -0.465 e. The molecule has 0 bridgehead atoms. The van der Waals surface area contributed by atoms with E-state index >= 15 is 0 Å². The van der Waals surface area contributed by atoms with Crippen molar-refractivity contribution in [2.24, 2.45) is 0 Å². The maximum atomic E-state index is 12.5. The van der Waals surface area contributed by atoms with Crippen molar-refractivity contribution >= 4 is 28.9 Å². The fourth-order valence-electron chi connectivity index (χ4n) is 2.32. The summed E-state index contributed by atoms with van der Waals surface area (Å²) >= 11 is 1.11. The van der Waals surface area contributed by atoms with E-state index in [0.717, 1.165) is 28.2 Å². The number of benzene rings is 2. The van der Waals surface area contributed by atoms with Gasteiger partial charge in [0.15, 0.2) is 0 Å². The molecule has 0 radical (unpaired) electrons. The highest BCUT2D eigenvalue weighted by atomic mass is 32.1. The summed E-state index contributed by atoms with van der Waals surface area (Å²) in [6.07, 6.45) is 0. The molecule has 0 atom stereocenters. The summed E-state index contributed by atoms with van der Waals surface area (Å²) in [7, 11) is 1.32. The Labute approximate surface area is 143 Å². The topological polar surface area (TPSA) is 55.4 Å². The normalized spacial score (nSPS) is 10.2. The standard InChI is InChI=1S/C19H15NO3S/c1-23-19(22)17-12-11-16(24-17)18(21)20-15-10-6-5-9-14(15)13-7-3-2-4-8-13/h2-12H,1H3,(H,20,21). The number of amides is 1. The van der Waals surface area contributed by atoms with Crippen LogP contribution < -0.4 is 5.32 Å². The number of anilines is 1. The predicted molar refractivity (Wildman–Crippen MR) is 95.5 cm³/mol. The van der Waals surface area contributed by atoms with Gasteiger partial charge in [0.05, 0.1) is 12.0 Å². The first-order valence-electron chi connectivity index (χ1n) is 7.33. The number of ether oxygens (including phenoxy) is 1. The van der Waals surface area contributed by atoms with Crippen LogP contribution >= 0.6 is 11.3 Å². The smallest absolute Gasteiger partial charge is 0.348 e. The molecule has 1 N–H and O–H groups in total. The molecule has 0 aliphatic rings. The van der Waals surface area contributed by atoms with E-state index in [1.807, 2.05) is 54.6 Å². The Bertz CT molecular complexity index is 871. The Morgan fingerprint density at radius 2 is 1.54 bits per heavy atom. The van der Waals surface area contributed by atoms with E-state index in [9.17, 15) is 9.59 Å². The number of nitrogens with one attached hydrogen (secondary N) is 1. The van der Waals surface area contributed by atoms with Crippen LogP contribution in [0.3, 0.4) is 0 Å². The summed E-state index contributed by atoms with van der Waals surface area (Å²) in [6.45, 7) is 0. The highest BCUT2D eigenvalue weighted by molar-refractivity contribution is 7.16. The van der Waals surface area contributed by atoms with E-state index in [2.05, 4.69) is 10.1 Å². The van der Waals surface area contributed by atoms with Crippen LogP contribution in [0.4, 0.5) is 5.69 Å². The van der Waals surface area contributed by atoms with Gasteiger partial charge in [-0.3, -0.25) is 4.79 Å². The maximum absolute atomic E-state index is 12.5. The first-order valence-corrected chi connectivity index (χ1v) is 8.14. The lowest BCUT2D eigenvalue weighted by molar-refractivity contribution is 0.0606. The van der Waals surface area contributed by atoms with Crippen LogP contribution in [-0.2, 0) is 4.74 Å². The fraction of sp³-hybridized carbons (Fsp3) is 0.0526. The minimum absolute atomic E-state index is 0.251. The Hall–Kier alpha value is -2.92. The van der Waals surface area contributed by atoms with Crippen LogP contribution in [0.2, 0.25) is 0 Å². The van der Waals surface area contributed by atoms with Crippen molar-refractivity contribution in [3.8, 4) is 11.1 Å². The van der Waals surface area contributed by atoms with Crippen LogP contribution in [0.15, 0.2) is 66.7 Å². The molecule has 1 aromatic heterocycles. The molecule has 3 aromatic rings. The van der Waals surface area contributed by atoms with Gasteiger partial charge in [-0.15, -0.1) is 11.3 Å². The number of para-hydroxylation sites is 1. The molecule has 2 aromatic carbocycles. The summed E-state index contributed by atoms with van der Waals surface area (Å²) in [4.78, 5) is 24.8. The number of thiophene rings is 1. The molecule has 0 unspecified atom stereocenters. The number of carbonyl (C=O) groups excluding carboxylic acids is 2. The summed E-state index contributed by atoms with van der Waals surface area (Å²) < 4.78 is 4.66. The van der Waals surface area contributed by atoms with Crippen molar-refractivity contribution in [2.75, 3.05) is 12.4 Å². The average Bonchev–Trinajstić information content (AvgIpc) is 3.12. The van der Waals surface area contributed by atoms with Gasteiger partial charge >= 0.3 is 5.97 Å². The molecule has 0 saturated carbocycles. The van der Waals surface area contributed by atoms with Crippen LogP contribution in [0.1, 0.15) is 19.3 Å². The monoisotopic (exact) mass is 337 g/mol. The molecule has 0 saturated heterocycles. The van der Waals surface area contributed by atoms with E-state index in [-0.39, 0.29) is 5.91 Å². The number of hydrogen-bond acceptors (Lipinski definition) is 4. The fourth-order valence-corrected chi connectivity index (χ4v) is 3.14. The molecule has 120 valence electrons. The Kier molecular flexibility index (Phi) is 4.72. The second-order valence-corrected chi connectivity index (χ2v) is 6.10. The van der Waals surface area contributed by atoms with Crippen molar-refractivity contribution in [1.29, 1.82) is 0 Å². The first-order chi connectivity index (χ1) is 11.7. The SMILES string of the molecule is COC(=O)c1ccc(C(=O)Nc2ccccc2-c2ccccc2)s1. The predicted octanol–water partition coefficient (Wildman–Crippen LogP) is 4.45. The van der Waals surface area contributed by atoms with Crippen molar-refractivity contribution in [1.82, 2.24) is 0 Å². The van der Waals surface area contributed by atoms with E-state index in [0.29, 0.717) is 9.75 Å². The second kappa shape index (κ2) is 7.10. The third kappa shape index (κ3) is 3.36. The maximum Gasteiger partial charge on any atom is 0.348 e. The number of rotatable bonds is 4. The molecule has 24 heavy (non-hydrogen) atoms. The zero-order valence-electron chi connectivity index (χ0n) is 13.0. The van der Waals surface area contributed by atoms with Gasteiger partial charge in [0.1, 0.15) is 4.88 Å². The van der Waals surface area contributed by atoms with Crippen molar-refractivity contribution < 1.29 is 14.3 Å². The average molecular weight is 337 g/mol. The largest absolute Gasteiger partial charge is 0.465 e. The van der Waals surface area contributed by atoms with Crippen LogP contribution in [0, 0.1) is 0 Å². The zero-order chi connectivity index (χ0) is 16.9. The number of hydrogen-bond donors (Lipinski definition) is 1. The van der Waals surface area contributed by atoms with Crippen molar-refractivity contribution in [3.05, 3.63) is 76.5 Å². The van der Waals surface area contributed by atoms with Gasteiger partial charge in [-0.1, -0.05) is 48.5 Å². The molecule has 5 heteroatoms. The molecule has 1 amide bonds. The molecule has 3 rings (SSSR count). The summed E-state index contributed by atoms with van der Waals surface area (Å²) in [5.74, 6) is -0.692. The third-order valence-corrected chi connectivity index (χ3v) is 4.54. The van der Waals surface area contributed by atoms with Gasteiger partial charge in [0.25, 0.3) is 5.91 Å². The zero-order valence-corrected chi connectivity index (χ0v) is 13.8. The molecular weight excluding hydrogens is 322 g/mol. The number of methoxy groups -OCH3 is 1. The summed E-state index contributed by atoms with van der Waals surface area (Å²) in [6, 6.07) is 20.7.